The Morgan fingerprint density at radius 3 is 2.39 bits per heavy atom. The van der Waals surface area contributed by atoms with Crippen LogP contribution < -0.4 is 0 Å². The third-order valence-electron chi connectivity index (χ3n) is 2.34. The van der Waals surface area contributed by atoms with E-state index >= 15 is 0 Å². The van der Waals surface area contributed by atoms with E-state index in [1.165, 1.54) is 23.9 Å². The van der Waals surface area contributed by atoms with Gasteiger partial charge >= 0.3 is 0 Å². The van der Waals surface area contributed by atoms with Crippen molar-refractivity contribution in [3.05, 3.63) is 63.1 Å². The van der Waals surface area contributed by atoms with E-state index in [1.54, 1.807) is 12.1 Å². The molecule has 0 spiro atoms. The van der Waals surface area contributed by atoms with E-state index in [4.69, 9.17) is 11.6 Å². The second-order valence-corrected chi connectivity index (χ2v) is 5.90. The Hall–Kier alpha value is -0.580. The minimum atomic E-state index is -0.545. The topological polar surface area (TPSA) is 0 Å². The van der Waals surface area contributed by atoms with Crippen LogP contribution in [0.2, 0.25) is 5.02 Å². The molecule has 0 heterocycles. The molecule has 5 heteroatoms. The zero-order valence-electron chi connectivity index (χ0n) is 9.09. The van der Waals surface area contributed by atoms with Gasteiger partial charge in [0.25, 0.3) is 0 Å². The summed E-state index contributed by atoms with van der Waals surface area (Å²) in [6.45, 7) is 0. The molecule has 0 aliphatic carbocycles. The first kappa shape index (κ1) is 13.8. The van der Waals surface area contributed by atoms with Gasteiger partial charge in [-0.15, -0.1) is 11.8 Å². The Balaban J connectivity index is 2.15. The number of hydrogen-bond acceptors (Lipinski definition) is 1. The summed E-state index contributed by atoms with van der Waals surface area (Å²) >= 11 is 10.2. The lowest BCUT2D eigenvalue weighted by Crippen LogP contribution is -1.94. The Morgan fingerprint density at radius 1 is 1.06 bits per heavy atom. The van der Waals surface area contributed by atoms with E-state index in [0.717, 1.165) is 4.90 Å². The Bertz CT molecular complexity index is 558. The lowest BCUT2D eigenvalue weighted by molar-refractivity contribution is 0.562. The fourth-order valence-electron chi connectivity index (χ4n) is 1.39. The fraction of sp³-hybridized carbons (Fsp3) is 0.0769. The molecule has 0 saturated heterocycles. The predicted molar refractivity (Wildman–Crippen MR) is 75.1 cm³/mol. The lowest BCUT2D eigenvalue weighted by Gasteiger charge is -2.06. The highest BCUT2D eigenvalue weighted by Gasteiger charge is 2.12. The Labute approximate surface area is 121 Å². The Kier molecular flexibility index (Phi) is 4.65. The lowest BCUT2D eigenvalue weighted by atomic mass is 10.2. The van der Waals surface area contributed by atoms with Gasteiger partial charge in [-0.3, -0.25) is 0 Å². The van der Waals surface area contributed by atoms with Gasteiger partial charge in [0.2, 0.25) is 0 Å². The molecule has 0 amide bonds. The molecule has 2 aromatic rings. The number of thioether (sulfide) groups is 1. The van der Waals surface area contributed by atoms with Gasteiger partial charge in [-0.05, 0) is 52.3 Å². The smallest absolute Gasteiger partial charge is 0.144 e. The SMILES string of the molecule is Fc1ccc(Br)c(F)c1CSc1ccc(Cl)cc1. The van der Waals surface area contributed by atoms with Gasteiger partial charge in [0.1, 0.15) is 11.6 Å². The first-order chi connectivity index (χ1) is 8.58. The molecular formula is C13H8BrClF2S. The molecule has 0 aliphatic rings. The molecule has 0 fully saturated rings. The van der Waals surface area contributed by atoms with Crippen LogP contribution in [0.4, 0.5) is 8.78 Å². The summed E-state index contributed by atoms with van der Waals surface area (Å²) in [6, 6.07) is 9.75. The standard InChI is InChI=1S/C13H8BrClF2S/c14-11-5-6-12(16)10(13(11)17)7-18-9-3-1-8(15)2-4-9/h1-6H,7H2. The largest absolute Gasteiger partial charge is 0.207 e. The fourth-order valence-corrected chi connectivity index (χ4v) is 2.79. The minimum absolute atomic E-state index is 0.0734. The third kappa shape index (κ3) is 3.25. The molecule has 0 aliphatic heterocycles. The molecule has 94 valence electrons. The molecule has 0 aromatic heterocycles. The number of hydrogen-bond donors (Lipinski definition) is 0. The average molecular weight is 350 g/mol. The quantitative estimate of drug-likeness (QED) is 0.508. The van der Waals surface area contributed by atoms with E-state index in [0.29, 0.717) is 5.02 Å². The second-order valence-electron chi connectivity index (χ2n) is 3.56. The van der Waals surface area contributed by atoms with Crippen molar-refractivity contribution in [3.63, 3.8) is 0 Å². The first-order valence-electron chi connectivity index (χ1n) is 5.08. The number of rotatable bonds is 3. The molecule has 0 unspecified atom stereocenters. The highest BCUT2D eigenvalue weighted by Crippen LogP contribution is 2.29. The van der Waals surface area contributed by atoms with Crippen molar-refractivity contribution in [2.24, 2.45) is 0 Å². The highest BCUT2D eigenvalue weighted by molar-refractivity contribution is 9.10. The van der Waals surface area contributed by atoms with Gasteiger partial charge in [-0.2, -0.15) is 0 Å². The maximum absolute atomic E-state index is 13.7. The summed E-state index contributed by atoms with van der Waals surface area (Å²) in [5, 5.41) is 0.638. The maximum atomic E-state index is 13.7. The maximum Gasteiger partial charge on any atom is 0.144 e. The van der Waals surface area contributed by atoms with Crippen molar-refractivity contribution in [1.82, 2.24) is 0 Å². The molecular weight excluding hydrogens is 342 g/mol. The summed E-state index contributed by atoms with van der Waals surface area (Å²) in [5.74, 6) is -0.840. The summed E-state index contributed by atoms with van der Waals surface area (Å²) in [7, 11) is 0. The molecule has 2 aromatic carbocycles. The van der Waals surface area contributed by atoms with Crippen LogP contribution in [0.5, 0.6) is 0 Å². The van der Waals surface area contributed by atoms with Crippen molar-refractivity contribution >= 4 is 39.3 Å². The predicted octanol–water partition coefficient (Wildman–Crippen LogP) is 5.67. The second kappa shape index (κ2) is 6.04. The Morgan fingerprint density at radius 2 is 1.72 bits per heavy atom. The highest BCUT2D eigenvalue weighted by atomic mass is 79.9. The average Bonchev–Trinajstić information content (AvgIpc) is 2.36. The monoisotopic (exact) mass is 348 g/mol. The summed E-state index contributed by atoms with van der Waals surface area (Å²) < 4.78 is 27.5. The van der Waals surface area contributed by atoms with Crippen molar-refractivity contribution in [2.75, 3.05) is 0 Å². The zero-order valence-corrected chi connectivity index (χ0v) is 12.2. The van der Waals surface area contributed by atoms with Crippen LogP contribution in [0.3, 0.4) is 0 Å². The molecule has 0 atom stereocenters. The minimum Gasteiger partial charge on any atom is -0.207 e. The van der Waals surface area contributed by atoms with Crippen molar-refractivity contribution in [3.8, 4) is 0 Å². The van der Waals surface area contributed by atoms with Crippen LogP contribution in [0.25, 0.3) is 0 Å². The molecule has 0 N–H and O–H groups in total. The van der Waals surface area contributed by atoms with Gasteiger partial charge in [0.15, 0.2) is 0 Å². The molecule has 18 heavy (non-hydrogen) atoms. The van der Waals surface area contributed by atoms with Gasteiger partial charge in [0.05, 0.1) is 4.47 Å². The molecule has 0 saturated carbocycles. The molecule has 0 bridgehead atoms. The van der Waals surface area contributed by atoms with Gasteiger partial charge in [-0.25, -0.2) is 8.78 Å². The zero-order chi connectivity index (χ0) is 13.1. The van der Waals surface area contributed by atoms with Crippen molar-refractivity contribution < 1.29 is 8.78 Å². The summed E-state index contributed by atoms with van der Waals surface area (Å²) in [4.78, 5) is 0.915. The summed E-state index contributed by atoms with van der Waals surface area (Å²) in [5.41, 5.74) is 0.0734. The van der Waals surface area contributed by atoms with Crippen LogP contribution in [0, 0.1) is 11.6 Å². The van der Waals surface area contributed by atoms with E-state index < -0.39 is 11.6 Å². The first-order valence-corrected chi connectivity index (χ1v) is 7.24. The van der Waals surface area contributed by atoms with Crippen molar-refractivity contribution in [2.45, 2.75) is 10.6 Å². The normalized spacial score (nSPS) is 10.7. The van der Waals surface area contributed by atoms with Crippen LogP contribution in [0.1, 0.15) is 5.56 Å². The molecule has 0 nitrogen and oxygen atoms in total. The van der Waals surface area contributed by atoms with E-state index in [1.807, 2.05) is 12.1 Å². The molecule has 0 radical (unpaired) electrons. The van der Waals surface area contributed by atoms with Crippen LogP contribution >= 0.6 is 39.3 Å². The van der Waals surface area contributed by atoms with E-state index in [-0.39, 0.29) is 15.8 Å². The van der Waals surface area contributed by atoms with Gasteiger partial charge < -0.3 is 0 Å². The van der Waals surface area contributed by atoms with Crippen molar-refractivity contribution in [1.29, 1.82) is 0 Å². The number of benzene rings is 2. The third-order valence-corrected chi connectivity index (χ3v) is 4.24. The molecule has 2 rings (SSSR count). The van der Waals surface area contributed by atoms with Gasteiger partial charge in [0, 0.05) is 21.2 Å². The summed E-state index contributed by atoms with van der Waals surface area (Å²) in [6.07, 6.45) is 0. The van der Waals surface area contributed by atoms with Crippen LogP contribution in [0.15, 0.2) is 45.8 Å². The van der Waals surface area contributed by atoms with Crippen LogP contribution in [-0.2, 0) is 5.75 Å². The number of halogens is 4. The van der Waals surface area contributed by atoms with Crippen LogP contribution in [-0.4, -0.2) is 0 Å². The van der Waals surface area contributed by atoms with E-state index in [9.17, 15) is 8.78 Å². The van der Waals surface area contributed by atoms with Gasteiger partial charge in [-0.1, -0.05) is 11.6 Å². The van der Waals surface area contributed by atoms with E-state index in [2.05, 4.69) is 15.9 Å².